The largest absolute Gasteiger partial charge is 0.366 e. The molecule has 76 valence electrons. The van der Waals surface area contributed by atoms with Crippen LogP contribution in [0.5, 0.6) is 0 Å². The second kappa shape index (κ2) is 4.47. The number of hydrogen-bond acceptors (Lipinski definition) is 1. The van der Waals surface area contributed by atoms with Crippen LogP contribution in [0.3, 0.4) is 0 Å². The van der Waals surface area contributed by atoms with E-state index in [1.807, 2.05) is 51.0 Å². The molecule has 0 N–H and O–H groups in total. The van der Waals surface area contributed by atoms with Gasteiger partial charge in [0.1, 0.15) is 5.84 Å². The van der Waals surface area contributed by atoms with E-state index in [1.165, 1.54) is 0 Å². The van der Waals surface area contributed by atoms with Crippen molar-refractivity contribution in [2.75, 3.05) is 14.1 Å². The minimum atomic E-state index is 0.723. The van der Waals surface area contributed by atoms with Gasteiger partial charge in [-0.05, 0) is 31.5 Å². The van der Waals surface area contributed by atoms with Crippen LogP contribution in [-0.2, 0) is 0 Å². The lowest BCUT2D eigenvalue weighted by Gasteiger charge is -2.11. The molecule has 1 aromatic rings. The number of nitrogens with zero attached hydrogens (tertiary/aromatic N) is 2. The summed E-state index contributed by atoms with van der Waals surface area (Å²) in [4.78, 5) is 6.45. The van der Waals surface area contributed by atoms with Crippen molar-refractivity contribution in [2.45, 2.75) is 13.8 Å². The van der Waals surface area contributed by atoms with E-state index in [2.05, 4.69) is 4.99 Å². The van der Waals surface area contributed by atoms with Gasteiger partial charge in [-0.1, -0.05) is 17.7 Å². The molecule has 0 amide bonds. The average Bonchev–Trinajstić information content (AvgIpc) is 2.11. The molecule has 0 bridgehead atoms. The normalized spacial score (nSPS) is 11.6. The Balaban J connectivity index is 3.07. The van der Waals surface area contributed by atoms with Crippen LogP contribution in [0, 0.1) is 6.92 Å². The molecule has 0 spiro atoms. The van der Waals surface area contributed by atoms with Gasteiger partial charge < -0.3 is 4.90 Å². The number of aryl methyl sites for hydroxylation is 1. The van der Waals surface area contributed by atoms with Gasteiger partial charge in [-0.15, -0.1) is 0 Å². The van der Waals surface area contributed by atoms with E-state index in [0.717, 1.165) is 22.1 Å². The predicted molar refractivity (Wildman–Crippen MR) is 62.6 cm³/mol. The van der Waals surface area contributed by atoms with Crippen LogP contribution >= 0.6 is 11.6 Å². The third-order valence-corrected chi connectivity index (χ3v) is 2.34. The van der Waals surface area contributed by atoms with Crippen molar-refractivity contribution in [2.24, 2.45) is 4.99 Å². The van der Waals surface area contributed by atoms with Gasteiger partial charge in [0.25, 0.3) is 0 Å². The number of halogens is 1. The number of amidine groups is 1. The fourth-order valence-electron chi connectivity index (χ4n) is 0.977. The summed E-state index contributed by atoms with van der Waals surface area (Å²) in [7, 11) is 3.94. The van der Waals surface area contributed by atoms with Gasteiger partial charge in [-0.3, -0.25) is 0 Å². The van der Waals surface area contributed by atoms with Crippen LogP contribution in [0.4, 0.5) is 5.69 Å². The zero-order valence-corrected chi connectivity index (χ0v) is 9.76. The van der Waals surface area contributed by atoms with E-state index < -0.39 is 0 Å². The first kappa shape index (κ1) is 11.1. The molecule has 0 aliphatic carbocycles. The second-order valence-electron chi connectivity index (χ2n) is 3.48. The van der Waals surface area contributed by atoms with E-state index >= 15 is 0 Å². The Kier molecular flexibility index (Phi) is 3.53. The quantitative estimate of drug-likeness (QED) is 0.513. The summed E-state index contributed by atoms with van der Waals surface area (Å²) in [6.45, 7) is 4.00. The summed E-state index contributed by atoms with van der Waals surface area (Å²) in [6, 6.07) is 5.73. The highest BCUT2D eigenvalue weighted by atomic mass is 35.5. The molecule has 0 heterocycles. The standard InChI is InChI=1S/C11H15ClN2/c1-8-5-6-10(12)7-11(8)13-9(2)14(3)4/h5-7H,1-4H3. The van der Waals surface area contributed by atoms with Crippen LogP contribution < -0.4 is 0 Å². The van der Waals surface area contributed by atoms with Gasteiger partial charge in [-0.2, -0.15) is 0 Å². The molecule has 0 atom stereocenters. The molecular formula is C11H15ClN2. The van der Waals surface area contributed by atoms with Crippen molar-refractivity contribution in [3.05, 3.63) is 28.8 Å². The van der Waals surface area contributed by atoms with E-state index in [-0.39, 0.29) is 0 Å². The molecular weight excluding hydrogens is 196 g/mol. The Morgan fingerprint density at radius 1 is 1.36 bits per heavy atom. The molecule has 0 fully saturated rings. The number of rotatable bonds is 1. The molecule has 0 radical (unpaired) electrons. The fourth-order valence-corrected chi connectivity index (χ4v) is 1.14. The third kappa shape index (κ3) is 2.74. The smallest absolute Gasteiger partial charge is 0.101 e. The molecule has 0 unspecified atom stereocenters. The maximum Gasteiger partial charge on any atom is 0.101 e. The van der Waals surface area contributed by atoms with Crippen molar-refractivity contribution in [3.8, 4) is 0 Å². The Bertz CT molecular complexity index is 356. The van der Waals surface area contributed by atoms with E-state index in [0.29, 0.717) is 0 Å². The van der Waals surface area contributed by atoms with Crippen molar-refractivity contribution >= 4 is 23.1 Å². The highest BCUT2D eigenvalue weighted by Crippen LogP contribution is 2.23. The topological polar surface area (TPSA) is 15.6 Å². The van der Waals surface area contributed by atoms with Crippen molar-refractivity contribution in [1.29, 1.82) is 0 Å². The monoisotopic (exact) mass is 210 g/mol. The molecule has 0 aromatic heterocycles. The van der Waals surface area contributed by atoms with Gasteiger partial charge in [0.05, 0.1) is 5.69 Å². The first-order chi connectivity index (χ1) is 6.50. The van der Waals surface area contributed by atoms with Crippen molar-refractivity contribution in [1.82, 2.24) is 4.90 Å². The average molecular weight is 211 g/mol. The lowest BCUT2D eigenvalue weighted by Crippen LogP contribution is -2.17. The summed E-state index contributed by atoms with van der Waals surface area (Å²) in [5, 5.41) is 0.723. The molecule has 1 rings (SSSR count). The SMILES string of the molecule is CC(=Nc1cc(Cl)ccc1C)N(C)C. The Labute approximate surface area is 90.2 Å². The van der Waals surface area contributed by atoms with Gasteiger partial charge in [-0.25, -0.2) is 4.99 Å². The molecule has 0 aliphatic heterocycles. The number of benzene rings is 1. The zero-order chi connectivity index (χ0) is 10.7. The third-order valence-electron chi connectivity index (χ3n) is 2.10. The van der Waals surface area contributed by atoms with Crippen LogP contribution in [0.2, 0.25) is 5.02 Å². The Hall–Kier alpha value is -1.02. The molecule has 0 aliphatic rings. The van der Waals surface area contributed by atoms with Gasteiger partial charge in [0.2, 0.25) is 0 Å². The van der Waals surface area contributed by atoms with Crippen LogP contribution in [0.25, 0.3) is 0 Å². The number of hydrogen-bond donors (Lipinski definition) is 0. The Morgan fingerprint density at radius 2 is 2.00 bits per heavy atom. The predicted octanol–water partition coefficient (Wildman–Crippen LogP) is 3.26. The maximum absolute atomic E-state index is 5.90. The van der Waals surface area contributed by atoms with Gasteiger partial charge >= 0.3 is 0 Å². The van der Waals surface area contributed by atoms with Gasteiger partial charge in [0.15, 0.2) is 0 Å². The summed E-state index contributed by atoms with van der Waals surface area (Å²) >= 11 is 5.90. The molecule has 1 aromatic carbocycles. The van der Waals surface area contributed by atoms with E-state index in [9.17, 15) is 0 Å². The second-order valence-corrected chi connectivity index (χ2v) is 3.92. The van der Waals surface area contributed by atoms with Crippen molar-refractivity contribution in [3.63, 3.8) is 0 Å². The summed E-state index contributed by atoms with van der Waals surface area (Å²) < 4.78 is 0. The minimum Gasteiger partial charge on any atom is -0.366 e. The van der Waals surface area contributed by atoms with Crippen LogP contribution in [-0.4, -0.2) is 24.8 Å². The summed E-state index contributed by atoms with van der Waals surface area (Å²) in [5.41, 5.74) is 2.07. The molecule has 14 heavy (non-hydrogen) atoms. The highest BCUT2D eigenvalue weighted by Gasteiger charge is 1.99. The minimum absolute atomic E-state index is 0.723. The van der Waals surface area contributed by atoms with Gasteiger partial charge in [0, 0.05) is 19.1 Å². The number of aliphatic imine (C=N–C) groups is 1. The highest BCUT2D eigenvalue weighted by molar-refractivity contribution is 6.30. The van der Waals surface area contributed by atoms with Crippen LogP contribution in [0.15, 0.2) is 23.2 Å². The lowest BCUT2D eigenvalue weighted by atomic mass is 10.2. The zero-order valence-electron chi connectivity index (χ0n) is 9.00. The summed E-state index contributed by atoms with van der Waals surface area (Å²) in [5.74, 6) is 0.968. The first-order valence-electron chi connectivity index (χ1n) is 4.49. The molecule has 2 nitrogen and oxygen atoms in total. The van der Waals surface area contributed by atoms with E-state index in [4.69, 9.17) is 11.6 Å². The molecule has 3 heteroatoms. The first-order valence-corrected chi connectivity index (χ1v) is 4.87. The molecule has 0 saturated carbocycles. The Morgan fingerprint density at radius 3 is 2.57 bits per heavy atom. The van der Waals surface area contributed by atoms with E-state index in [1.54, 1.807) is 0 Å². The maximum atomic E-state index is 5.90. The lowest BCUT2D eigenvalue weighted by molar-refractivity contribution is 0.619. The van der Waals surface area contributed by atoms with Crippen LogP contribution in [0.1, 0.15) is 12.5 Å². The summed E-state index contributed by atoms with van der Waals surface area (Å²) in [6.07, 6.45) is 0. The van der Waals surface area contributed by atoms with Crippen molar-refractivity contribution < 1.29 is 0 Å². The molecule has 0 saturated heterocycles. The fraction of sp³-hybridized carbons (Fsp3) is 0.364.